The number of H-pyrrole nitrogens is 1. The Morgan fingerprint density at radius 3 is 2.52 bits per heavy atom. The fourth-order valence-electron chi connectivity index (χ4n) is 2.93. The van der Waals surface area contributed by atoms with Crippen LogP contribution in [0.4, 0.5) is 16.3 Å². The van der Waals surface area contributed by atoms with Crippen LogP contribution in [0.1, 0.15) is 10.4 Å². The van der Waals surface area contributed by atoms with Gasteiger partial charge in [-0.05, 0) is 23.8 Å². The van der Waals surface area contributed by atoms with Gasteiger partial charge in [0.15, 0.2) is 5.65 Å². The van der Waals surface area contributed by atoms with E-state index in [9.17, 15) is 9.59 Å². The first-order valence-corrected chi connectivity index (χ1v) is 8.80. The number of nitrogens with one attached hydrogen (secondary N) is 3. The van der Waals surface area contributed by atoms with Gasteiger partial charge >= 0.3 is 12.0 Å². The lowest BCUT2D eigenvalue weighted by Crippen LogP contribution is -2.21. The van der Waals surface area contributed by atoms with Crippen molar-refractivity contribution in [3.8, 4) is 11.1 Å². The van der Waals surface area contributed by atoms with Crippen molar-refractivity contribution in [2.24, 2.45) is 0 Å². The molecule has 0 radical (unpaired) electrons. The zero-order valence-electron chi connectivity index (χ0n) is 15.5. The van der Waals surface area contributed by atoms with Crippen LogP contribution in [0.2, 0.25) is 0 Å². The maximum absolute atomic E-state index is 12.5. The Balaban J connectivity index is 1.58. The van der Waals surface area contributed by atoms with E-state index in [2.05, 4.69) is 25.8 Å². The molecule has 2 aromatic heterocycles. The predicted octanol–water partition coefficient (Wildman–Crippen LogP) is 4.06. The molecule has 8 nitrogen and oxygen atoms in total. The first kappa shape index (κ1) is 18.2. The normalized spacial score (nSPS) is 10.5. The average Bonchev–Trinajstić information content (AvgIpc) is 3.16. The van der Waals surface area contributed by atoms with Crippen molar-refractivity contribution >= 4 is 34.5 Å². The molecule has 4 aromatic rings. The van der Waals surface area contributed by atoms with Gasteiger partial charge in [0.05, 0.1) is 23.7 Å². The molecule has 0 unspecified atom stereocenters. The molecule has 2 aromatic carbocycles. The van der Waals surface area contributed by atoms with Crippen molar-refractivity contribution in [2.45, 2.75) is 0 Å². The van der Waals surface area contributed by atoms with Gasteiger partial charge in [0.2, 0.25) is 0 Å². The smallest absolute Gasteiger partial charge is 0.339 e. The molecular weight excluding hydrogens is 370 g/mol. The molecular formula is C21H17N5O3. The van der Waals surface area contributed by atoms with Crippen molar-refractivity contribution in [1.82, 2.24) is 15.2 Å². The standard InChI is InChI=1S/C21H17N5O3/c1-29-20(27)15-9-5-6-10-17(15)23-21(28)24-19-16-11-14(12-22-18(16)25-26-19)13-7-3-2-4-8-13/h2-12H,1H3,(H3,22,23,24,25,26,28). The van der Waals surface area contributed by atoms with E-state index in [1.54, 1.807) is 30.5 Å². The van der Waals surface area contributed by atoms with Gasteiger partial charge in [-0.15, -0.1) is 0 Å². The number of aromatic amines is 1. The minimum Gasteiger partial charge on any atom is -0.465 e. The number of amides is 2. The number of carbonyl (C=O) groups excluding carboxylic acids is 2. The van der Waals surface area contributed by atoms with Gasteiger partial charge in [-0.1, -0.05) is 42.5 Å². The summed E-state index contributed by atoms with van der Waals surface area (Å²) in [6, 6.07) is 17.7. The number of anilines is 2. The lowest BCUT2D eigenvalue weighted by molar-refractivity contribution is 0.0602. The zero-order valence-corrected chi connectivity index (χ0v) is 15.5. The minimum atomic E-state index is -0.537. The zero-order chi connectivity index (χ0) is 20.2. The summed E-state index contributed by atoms with van der Waals surface area (Å²) >= 11 is 0. The van der Waals surface area contributed by atoms with Crippen LogP contribution in [0.3, 0.4) is 0 Å². The fourth-order valence-corrected chi connectivity index (χ4v) is 2.93. The fraction of sp³-hybridized carbons (Fsp3) is 0.0476. The van der Waals surface area contributed by atoms with E-state index in [1.807, 2.05) is 36.4 Å². The van der Waals surface area contributed by atoms with Gasteiger partial charge in [0.25, 0.3) is 0 Å². The molecule has 8 heteroatoms. The van der Waals surface area contributed by atoms with Crippen molar-refractivity contribution in [3.05, 3.63) is 72.4 Å². The second-order valence-electron chi connectivity index (χ2n) is 6.18. The van der Waals surface area contributed by atoms with Crippen LogP contribution in [-0.4, -0.2) is 34.3 Å². The molecule has 0 saturated carbocycles. The molecule has 0 bridgehead atoms. The van der Waals surface area contributed by atoms with Crippen LogP contribution in [0.5, 0.6) is 0 Å². The highest BCUT2D eigenvalue weighted by Crippen LogP contribution is 2.26. The number of esters is 1. The van der Waals surface area contributed by atoms with Crippen LogP contribution in [-0.2, 0) is 4.74 Å². The number of methoxy groups -OCH3 is 1. The van der Waals surface area contributed by atoms with Crippen LogP contribution >= 0.6 is 0 Å². The molecule has 0 atom stereocenters. The van der Waals surface area contributed by atoms with E-state index in [1.165, 1.54) is 7.11 Å². The number of carbonyl (C=O) groups is 2. The summed E-state index contributed by atoms with van der Waals surface area (Å²) in [7, 11) is 1.28. The Kier molecular flexibility index (Phi) is 4.90. The van der Waals surface area contributed by atoms with Crippen molar-refractivity contribution in [3.63, 3.8) is 0 Å². The number of nitrogens with zero attached hydrogens (tertiary/aromatic N) is 2. The minimum absolute atomic E-state index is 0.257. The van der Waals surface area contributed by atoms with E-state index >= 15 is 0 Å². The number of pyridine rings is 1. The summed E-state index contributed by atoms with van der Waals surface area (Å²) in [6.07, 6.45) is 1.73. The van der Waals surface area contributed by atoms with E-state index < -0.39 is 12.0 Å². The van der Waals surface area contributed by atoms with E-state index in [4.69, 9.17) is 4.74 Å². The molecule has 0 aliphatic rings. The maximum Gasteiger partial charge on any atom is 0.339 e. The Labute approximate surface area is 165 Å². The highest BCUT2D eigenvalue weighted by atomic mass is 16.5. The van der Waals surface area contributed by atoms with Crippen molar-refractivity contribution in [2.75, 3.05) is 17.7 Å². The summed E-state index contributed by atoms with van der Waals surface area (Å²) in [4.78, 5) is 28.7. The third kappa shape index (κ3) is 3.77. The van der Waals surface area contributed by atoms with Crippen molar-refractivity contribution < 1.29 is 14.3 Å². The van der Waals surface area contributed by atoms with Crippen LogP contribution < -0.4 is 10.6 Å². The van der Waals surface area contributed by atoms with Gasteiger partial charge in [-0.25, -0.2) is 14.6 Å². The second-order valence-corrected chi connectivity index (χ2v) is 6.18. The molecule has 0 aliphatic carbocycles. The van der Waals surface area contributed by atoms with Crippen LogP contribution in [0.15, 0.2) is 66.9 Å². The SMILES string of the molecule is COC(=O)c1ccccc1NC(=O)Nc1[nH]nc2ncc(-c3ccccc3)cc12. The molecule has 0 fully saturated rings. The maximum atomic E-state index is 12.5. The number of urea groups is 1. The van der Waals surface area contributed by atoms with E-state index in [-0.39, 0.29) is 5.56 Å². The molecule has 29 heavy (non-hydrogen) atoms. The molecule has 0 saturated heterocycles. The largest absolute Gasteiger partial charge is 0.465 e. The molecule has 0 aliphatic heterocycles. The summed E-state index contributed by atoms with van der Waals surface area (Å²) < 4.78 is 4.74. The molecule has 144 valence electrons. The number of benzene rings is 2. The van der Waals surface area contributed by atoms with Crippen molar-refractivity contribution in [1.29, 1.82) is 0 Å². The monoisotopic (exact) mass is 387 g/mol. The van der Waals surface area contributed by atoms with E-state index in [0.717, 1.165) is 11.1 Å². The highest BCUT2D eigenvalue weighted by molar-refractivity contribution is 6.07. The number of hydrogen-bond acceptors (Lipinski definition) is 5. The summed E-state index contributed by atoms with van der Waals surface area (Å²) in [6.45, 7) is 0. The number of hydrogen-bond donors (Lipinski definition) is 3. The topological polar surface area (TPSA) is 109 Å². The number of aromatic nitrogens is 3. The predicted molar refractivity (Wildman–Crippen MR) is 110 cm³/mol. The molecule has 0 spiro atoms. The Morgan fingerprint density at radius 1 is 0.966 bits per heavy atom. The Bertz CT molecular complexity index is 1190. The summed E-state index contributed by atoms with van der Waals surface area (Å²) in [5, 5.41) is 12.9. The van der Waals surface area contributed by atoms with Gasteiger partial charge in [0.1, 0.15) is 5.82 Å². The van der Waals surface area contributed by atoms with Gasteiger partial charge in [0, 0.05) is 11.8 Å². The lowest BCUT2D eigenvalue weighted by atomic mass is 10.1. The number of rotatable bonds is 4. The number of fused-ring (bicyclic) bond motifs is 1. The van der Waals surface area contributed by atoms with Crippen LogP contribution in [0, 0.1) is 0 Å². The Morgan fingerprint density at radius 2 is 1.72 bits per heavy atom. The third-order valence-corrected chi connectivity index (χ3v) is 4.34. The van der Waals surface area contributed by atoms with Gasteiger partial charge in [-0.3, -0.25) is 10.4 Å². The number of para-hydroxylation sites is 1. The van der Waals surface area contributed by atoms with Gasteiger partial charge in [-0.2, -0.15) is 5.10 Å². The lowest BCUT2D eigenvalue weighted by Gasteiger charge is -2.10. The average molecular weight is 387 g/mol. The van der Waals surface area contributed by atoms with Crippen LogP contribution in [0.25, 0.3) is 22.2 Å². The molecule has 2 amide bonds. The second kappa shape index (κ2) is 7.81. The van der Waals surface area contributed by atoms with Gasteiger partial charge < -0.3 is 10.1 Å². The number of ether oxygens (including phenoxy) is 1. The molecule has 3 N–H and O–H groups in total. The summed E-state index contributed by atoms with van der Waals surface area (Å²) in [5.74, 6) is -0.136. The first-order valence-electron chi connectivity index (χ1n) is 8.80. The first-order chi connectivity index (χ1) is 14.2. The molecule has 4 rings (SSSR count). The summed E-state index contributed by atoms with van der Waals surface area (Å²) in [5.41, 5.74) is 2.98. The van der Waals surface area contributed by atoms with E-state index in [0.29, 0.717) is 22.5 Å². The highest BCUT2D eigenvalue weighted by Gasteiger charge is 2.15. The molecule has 2 heterocycles. The Hall–Kier alpha value is -4.20. The quantitative estimate of drug-likeness (QED) is 0.458. The third-order valence-electron chi connectivity index (χ3n) is 4.34.